The third-order valence-corrected chi connectivity index (χ3v) is 3.03. The van der Waals surface area contributed by atoms with Gasteiger partial charge in [0.25, 0.3) is 0 Å². The maximum Gasteiger partial charge on any atom is 0.123 e. The van der Waals surface area contributed by atoms with Crippen LogP contribution in [-0.4, -0.2) is 36.6 Å². The van der Waals surface area contributed by atoms with E-state index in [9.17, 15) is 4.39 Å². The number of nitrogens with zero attached hydrogens (tertiary/aromatic N) is 1. The average molecular weight is 244 g/mol. The monoisotopic (exact) mass is 243 g/mol. The first-order valence-corrected chi connectivity index (χ1v) is 5.96. The number of alkyl halides is 1. The van der Waals surface area contributed by atoms with Gasteiger partial charge in [-0.1, -0.05) is 12.1 Å². The molecule has 4 heteroatoms. The lowest BCUT2D eigenvalue weighted by molar-refractivity contribution is -0.0194. The molecule has 0 aromatic heterocycles. The molecule has 0 amide bonds. The van der Waals surface area contributed by atoms with Crippen LogP contribution < -0.4 is 0 Å². The molecule has 0 N–H and O–H groups in total. The van der Waals surface area contributed by atoms with E-state index in [1.807, 2.05) is 6.07 Å². The van der Waals surface area contributed by atoms with Gasteiger partial charge in [-0.2, -0.15) is 0 Å². The van der Waals surface area contributed by atoms with Crippen LogP contribution in [0.15, 0.2) is 24.3 Å². The molecule has 16 heavy (non-hydrogen) atoms. The fourth-order valence-corrected chi connectivity index (χ4v) is 2.10. The van der Waals surface area contributed by atoms with Crippen molar-refractivity contribution in [3.63, 3.8) is 0 Å². The van der Waals surface area contributed by atoms with E-state index in [1.54, 1.807) is 12.1 Å². The summed E-state index contributed by atoms with van der Waals surface area (Å²) in [5.74, 6) is 0.333. The second-order valence-corrected chi connectivity index (χ2v) is 4.32. The van der Waals surface area contributed by atoms with Crippen molar-refractivity contribution in [2.75, 3.05) is 25.6 Å². The highest BCUT2D eigenvalue weighted by atomic mass is 35.5. The van der Waals surface area contributed by atoms with E-state index in [0.29, 0.717) is 12.5 Å². The first-order valence-electron chi connectivity index (χ1n) is 5.42. The van der Waals surface area contributed by atoms with Crippen molar-refractivity contribution in [2.45, 2.75) is 12.6 Å². The predicted molar refractivity (Wildman–Crippen MR) is 62.1 cm³/mol. The van der Waals surface area contributed by atoms with Crippen molar-refractivity contribution in [1.82, 2.24) is 4.90 Å². The highest BCUT2D eigenvalue weighted by Gasteiger charge is 2.19. The van der Waals surface area contributed by atoms with Crippen LogP contribution >= 0.6 is 11.6 Å². The van der Waals surface area contributed by atoms with Gasteiger partial charge in [0.2, 0.25) is 0 Å². The Morgan fingerprint density at radius 2 is 2.38 bits per heavy atom. The van der Waals surface area contributed by atoms with E-state index in [1.165, 1.54) is 6.07 Å². The Morgan fingerprint density at radius 1 is 1.50 bits per heavy atom. The molecule has 1 aromatic rings. The fraction of sp³-hybridized carbons (Fsp3) is 0.500. The number of hydrogen-bond acceptors (Lipinski definition) is 2. The van der Waals surface area contributed by atoms with Crippen LogP contribution in [0.3, 0.4) is 0 Å². The summed E-state index contributed by atoms with van der Waals surface area (Å²) >= 11 is 5.76. The molecule has 1 atom stereocenters. The molecule has 2 nitrogen and oxygen atoms in total. The molecule has 1 aromatic carbocycles. The predicted octanol–water partition coefficient (Wildman–Crippen LogP) is 2.27. The van der Waals surface area contributed by atoms with Gasteiger partial charge in [-0.3, -0.25) is 4.90 Å². The summed E-state index contributed by atoms with van der Waals surface area (Å²) in [4.78, 5) is 2.24. The van der Waals surface area contributed by atoms with Crippen LogP contribution in [0.25, 0.3) is 0 Å². The van der Waals surface area contributed by atoms with E-state index >= 15 is 0 Å². The first-order chi connectivity index (χ1) is 7.78. The van der Waals surface area contributed by atoms with Gasteiger partial charge < -0.3 is 4.74 Å². The summed E-state index contributed by atoms with van der Waals surface area (Å²) in [6.07, 6.45) is 0.101. The Balaban J connectivity index is 1.94. The fourth-order valence-electron chi connectivity index (χ4n) is 1.91. The van der Waals surface area contributed by atoms with E-state index < -0.39 is 0 Å². The van der Waals surface area contributed by atoms with Crippen molar-refractivity contribution in [3.8, 4) is 0 Å². The van der Waals surface area contributed by atoms with Gasteiger partial charge in [0.1, 0.15) is 5.82 Å². The van der Waals surface area contributed by atoms with Gasteiger partial charge in [-0.25, -0.2) is 4.39 Å². The van der Waals surface area contributed by atoms with Crippen molar-refractivity contribution in [1.29, 1.82) is 0 Å². The van der Waals surface area contributed by atoms with Crippen LogP contribution in [0.4, 0.5) is 4.39 Å². The highest BCUT2D eigenvalue weighted by molar-refractivity contribution is 6.18. The van der Waals surface area contributed by atoms with Crippen LogP contribution in [-0.2, 0) is 11.3 Å². The molecule has 0 saturated carbocycles. The lowest BCUT2D eigenvalue weighted by atomic mass is 10.2. The van der Waals surface area contributed by atoms with E-state index in [-0.39, 0.29) is 11.9 Å². The smallest absolute Gasteiger partial charge is 0.123 e. The van der Waals surface area contributed by atoms with Gasteiger partial charge in [0, 0.05) is 25.5 Å². The Bertz CT molecular complexity index is 348. The quantitative estimate of drug-likeness (QED) is 0.756. The van der Waals surface area contributed by atoms with Crippen molar-refractivity contribution >= 4 is 11.6 Å². The Kier molecular flexibility index (Phi) is 4.16. The molecule has 1 aliphatic rings. The molecule has 88 valence electrons. The molecule has 0 spiro atoms. The number of halogens is 2. The number of rotatable bonds is 3. The lowest BCUT2D eigenvalue weighted by Gasteiger charge is -2.31. The van der Waals surface area contributed by atoms with Crippen molar-refractivity contribution in [3.05, 3.63) is 35.6 Å². The zero-order valence-electron chi connectivity index (χ0n) is 9.03. The topological polar surface area (TPSA) is 12.5 Å². The zero-order chi connectivity index (χ0) is 11.4. The van der Waals surface area contributed by atoms with Crippen molar-refractivity contribution in [2.24, 2.45) is 0 Å². The molecule has 0 aliphatic carbocycles. The summed E-state index contributed by atoms with van der Waals surface area (Å²) in [5, 5.41) is 0. The van der Waals surface area contributed by atoms with Crippen LogP contribution in [0.5, 0.6) is 0 Å². The standard InChI is InChI=1S/C12H15ClFNO/c13-7-12-9-15(4-5-16-12)8-10-2-1-3-11(14)6-10/h1-3,6,12H,4-5,7-9H2. The molecular weight excluding hydrogens is 229 g/mol. The molecule has 1 aliphatic heterocycles. The minimum absolute atomic E-state index is 0.101. The Hall–Kier alpha value is -0.640. The summed E-state index contributed by atoms with van der Waals surface area (Å²) < 4.78 is 18.5. The minimum Gasteiger partial charge on any atom is -0.374 e. The van der Waals surface area contributed by atoms with Crippen LogP contribution in [0, 0.1) is 5.82 Å². The summed E-state index contributed by atoms with van der Waals surface area (Å²) in [6, 6.07) is 6.72. The SMILES string of the molecule is Fc1cccc(CN2CCOC(CCl)C2)c1. The average Bonchev–Trinajstić information content (AvgIpc) is 2.29. The Morgan fingerprint density at radius 3 is 3.12 bits per heavy atom. The number of benzene rings is 1. The maximum absolute atomic E-state index is 13.0. The maximum atomic E-state index is 13.0. The number of hydrogen-bond donors (Lipinski definition) is 0. The lowest BCUT2D eigenvalue weighted by Crippen LogP contribution is -2.42. The van der Waals surface area contributed by atoms with Crippen LogP contribution in [0.1, 0.15) is 5.56 Å². The molecule has 2 rings (SSSR count). The van der Waals surface area contributed by atoms with E-state index in [2.05, 4.69) is 4.90 Å². The third-order valence-electron chi connectivity index (χ3n) is 2.69. The second-order valence-electron chi connectivity index (χ2n) is 4.01. The molecule has 0 radical (unpaired) electrons. The molecule has 0 bridgehead atoms. The van der Waals surface area contributed by atoms with Gasteiger partial charge in [0.05, 0.1) is 12.7 Å². The third kappa shape index (κ3) is 3.17. The van der Waals surface area contributed by atoms with E-state index in [4.69, 9.17) is 16.3 Å². The van der Waals surface area contributed by atoms with Gasteiger partial charge in [0.15, 0.2) is 0 Å². The second kappa shape index (κ2) is 5.62. The first kappa shape index (κ1) is 11.8. The number of morpholine rings is 1. The highest BCUT2D eigenvalue weighted by Crippen LogP contribution is 2.12. The van der Waals surface area contributed by atoms with Gasteiger partial charge in [-0.05, 0) is 17.7 Å². The molecule has 1 fully saturated rings. The number of ether oxygens (including phenoxy) is 1. The summed E-state index contributed by atoms with van der Waals surface area (Å²) in [6.45, 7) is 3.16. The van der Waals surface area contributed by atoms with Gasteiger partial charge in [-0.15, -0.1) is 11.6 Å². The molecule has 1 heterocycles. The molecular formula is C12H15ClFNO. The summed E-state index contributed by atoms with van der Waals surface area (Å²) in [5.41, 5.74) is 0.996. The summed E-state index contributed by atoms with van der Waals surface area (Å²) in [7, 11) is 0. The minimum atomic E-state index is -0.181. The normalized spacial score (nSPS) is 22.2. The van der Waals surface area contributed by atoms with Crippen molar-refractivity contribution < 1.29 is 9.13 Å². The van der Waals surface area contributed by atoms with E-state index in [0.717, 1.165) is 25.2 Å². The molecule has 1 saturated heterocycles. The Labute approximate surface area is 100.0 Å². The van der Waals surface area contributed by atoms with Gasteiger partial charge >= 0.3 is 0 Å². The van der Waals surface area contributed by atoms with Crippen LogP contribution in [0.2, 0.25) is 0 Å². The molecule has 1 unspecified atom stereocenters. The largest absolute Gasteiger partial charge is 0.374 e. The zero-order valence-corrected chi connectivity index (χ0v) is 9.79.